The van der Waals surface area contributed by atoms with E-state index < -0.39 is 0 Å². The van der Waals surface area contributed by atoms with Gasteiger partial charge in [0.15, 0.2) is 0 Å². The summed E-state index contributed by atoms with van der Waals surface area (Å²) in [5.74, 6) is 0. The molecule has 106 valence electrons. The average Bonchev–Trinajstić information content (AvgIpc) is 2.25. The lowest BCUT2D eigenvalue weighted by Gasteiger charge is -2.26. The molecule has 19 heavy (non-hydrogen) atoms. The fraction of sp³-hybridized carbons (Fsp3) is 0.571. The van der Waals surface area contributed by atoms with Gasteiger partial charge in [-0.25, -0.2) is 0 Å². The zero-order valence-corrected chi connectivity index (χ0v) is 11.9. The molecule has 0 amide bonds. The number of nitro groups is 1. The summed E-state index contributed by atoms with van der Waals surface area (Å²) in [6.45, 7) is 8.19. The molecule has 0 bridgehead atoms. The summed E-state index contributed by atoms with van der Waals surface area (Å²) in [6, 6.07) is 5.13. The quantitative estimate of drug-likeness (QED) is 0.612. The average molecular weight is 266 g/mol. The maximum atomic E-state index is 11.0. The first-order valence-corrected chi connectivity index (χ1v) is 6.38. The molecule has 1 atom stereocenters. The molecular weight excluding hydrogens is 244 g/mol. The van der Waals surface area contributed by atoms with Crippen LogP contribution in [0.3, 0.4) is 0 Å². The standard InChI is InChI=1S/C14H22N2O3/c1-10-5-6-12(13(7-10)16(18)19)15-9-14(3,4)8-11(2)17/h5-7,11,15,17H,8-9H2,1-4H3. The number of hydrogen-bond donors (Lipinski definition) is 2. The van der Waals surface area contributed by atoms with Crippen LogP contribution in [0.2, 0.25) is 0 Å². The molecular formula is C14H22N2O3. The zero-order valence-electron chi connectivity index (χ0n) is 11.9. The molecule has 0 aromatic heterocycles. The summed E-state index contributed by atoms with van der Waals surface area (Å²) in [4.78, 5) is 10.6. The molecule has 0 radical (unpaired) electrons. The second-order valence-corrected chi connectivity index (χ2v) is 5.85. The van der Waals surface area contributed by atoms with Crippen molar-refractivity contribution in [2.45, 2.75) is 40.2 Å². The van der Waals surface area contributed by atoms with Gasteiger partial charge in [0.25, 0.3) is 5.69 Å². The normalized spacial score (nSPS) is 13.1. The SMILES string of the molecule is Cc1ccc(NCC(C)(C)CC(C)O)c([N+](=O)[O-])c1. The highest BCUT2D eigenvalue weighted by Gasteiger charge is 2.22. The molecule has 1 aromatic carbocycles. The van der Waals surface area contributed by atoms with Crippen LogP contribution < -0.4 is 5.32 Å². The zero-order chi connectivity index (χ0) is 14.6. The Morgan fingerprint density at radius 3 is 2.63 bits per heavy atom. The second kappa shape index (κ2) is 6.02. The number of aryl methyl sites for hydroxylation is 1. The van der Waals surface area contributed by atoms with Gasteiger partial charge in [0, 0.05) is 12.6 Å². The fourth-order valence-corrected chi connectivity index (χ4v) is 2.15. The maximum Gasteiger partial charge on any atom is 0.292 e. The Bertz CT molecular complexity index is 456. The van der Waals surface area contributed by atoms with Gasteiger partial charge in [-0.3, -0.25) is 10.1 Å². The third-order valence-electron chi connectivity index (χ3n) is 2.96. The first-order chi connectivity index (χ1) is 8.71. The molecule has 0 fully saturated rings. The lowest BCUT2D eigenvalue weighted by molar-refractivity contribution is -0.384. The molecule has 0 spiro atoms. The van der Waals surface area contributed by atoms with Crippen molar-refractivity contribution in [1.82, 2.24) is 0 Å². The lowest BCUT2D eigenvalue weighted by Crippen LogP contribution is -2.27. The number of aliphatic hydroxyl groups is 1. The summed E-state index contributed by atoms with van der Waals surface area (Å²) >= 11 is 0. The van der Waals surface area contributed by atoms with Crippen LogP contribution in [0.15, 0.2) is 18.2 Å². The minimum absolute atomic E-state index is 0.0906. The van der Waals surface area contributed by atoms with Crippen LogP contribution in [0, 0.1) is 22.5 Å². The van der Waals surface area contributed by atoms with E-state index in [0.29, 0.717) is 18.7 Å². The van der Waals surface area contributed by atoms with Crippen LogP contribution in [0.4, 0.5) is 11.4 Å². The highest BCUT2D eigenvalue weighted by Crippen LogP contribution is 2.28. The van der Waals surface area contributed by atoms with Crippen molar-refractivity contribution in [3.8, 4) is 0 Å². The van der Waals surface area contributed by atoms with Gasteiger partial charge >= 0.3 is 0 Å². The Kier molecular flexibility index (Phi) is 4.89. The van der Waals surface area contributed by atoms with E-state index in [2.05, 4.69) is 5.32 Å². The molecule has 0 heterocycles. The highest BCUT2D eigenvalue weighted by atomic mass is 16.6. The van der Waals surface area contributed by atoms with Crippen LogP contribution >= 0.6 is 0 Å². The molecule has 1 rings (SSSR count). The summed E-state index contributed by atoms with van der Waals surface area (Å²) in [5.41, 5.74) is 1.34. The number of aliphatic hydroxyl groups excluding tert-OH is 1. The monoisotopic (exact) mass is 266 g/mol. The van der Waals surface area contributed by atoms with E-state index in [0.717, 1.165) is 5.56 Å². The van der Waals surface area contributed by atoms with Gasteiger partial charge in [-0.2, -0.15) is 0 Å². The third kappa shape index (κ3) is 4.87. The van der Waals surface area contributed by atoms with Crippen molar-refractivity contribution in [2.24, 2.45) is 5.41 Å². The largest absolute Gasteiger partial charge is 0.393 e. The van der Waals surface area contributed by atoms with Crippen molar-refractivity contribution in [1.29, 1.82) is 0 Å². The predicted molar refractivity (Wildman–Crippen MR) is 76.4 cm³/mol. The van der Waals surface area contributed by atoms with Crippen molar-refractivity contribution < 1.29 is 10.0 Å². The Balaban J connectivity index is 2.80. The van der Waals surface area contributed by atoms with E-state index in [4.69, 9.17) is 0 Å². The maximum absolute atomic E-state index is 11.0. The number of nitro benzene ring substituents is 1. The predicted octanol–water partition coefficient (Wildman–Crippen LogP) is 3.11. The minimum atomic E-state index is -0.384. The van der Waals surface area contributed by atoms with Crippen LogP contribution in [0.1, 0.15) is 32.8 Å². The van der Waals surface area contributed by atoms with E-state index in [1.807, 2.05) is 26.8 Å². The lowest BCUT2D eigenvalue weighted by atomic mass is 9.87. The number of hydrogen-bond acceptors (Lipinski definition) is 4. The molecule has 1 aromatic rings. The number of benzene rings is 1. The van der Waals surface area contributed by atoms with Crippen molar-refractivity contribution in [3.63, 3.8) is 0 Å². The first-order valence-electron chi connectivity index (χ1n) is 6.38. The minimum Gasteiger partial charge on any atom is -0.393 e. The van der Waals surface area contributed by atoms with E-state index in [9.17, 15) is 15.2 Å². The van der Waals surface area contributed by atoms with E-state index >= 15 is 0 Å². The third-order valence-corrected chi connectivity index (χ3v) is 2.96. The number of nitrogens with one attached hydrogen (secondary N) is 1. The molecule has 2 N–H and O–H groups in total. The molecule has 5 nitrogen and oxygen atoms in total. The molecule has 0 aliphatic heterocycles. The second-order valence-electron chi connectivity index (χ2n) is 5.85. The van der Waals surface area contributed by atoms with Gasteiger partial charge in [0.05, 0.1) is 11.0 Å². The van der Waals surface area contributed by atoms with Gasteiger partial charge in [-0.05, 0) is 37.3 Å². The number of anilines is 1. The molecule has 0 saturated carbocycles. The Labute approximate surface area is 113 Å². The Morgan fingerprint density at radius 1 is 1.47 bits per heavy atom. The molecule has 0 saturated heterocycles. The van der Waals surface area contributed by atoms with Crippen molar-refractivity contribution >= 4 is 11.4 Å². The van der Waals surface area contributed by atoms with Crippen LogP contribution in [-0.4, -0.2) is 22.7 Å². The topological polar surface area (TPSA) is 75.4 Å². The summed E-state index contributed by atoms with van der Waals surface area (Å²) in [6.07, 6.45) is 0.254. The van der Waals surface area contributed by atoms with Crippen molar-refractivity contribution in [2.75, 3.05) is 11.9 Å². The molecule has 5 heteroatoms. The summed E-state index contributed by atoms with van der Waals surface area (Å²) in [7, 11) is 0. The van der Waals surface area contributed by atoms with E-state index in [1.165, 1.54) is 0 Å². The smallest absolute Gasteiger partial charge is 0.292 e. The van der Waals surface area contributed by atoms with Crippen LogP contribution in [0.5, 0.6) is 0 Å². The summed E-state index contributed by atoms with van der Waals surface area (Å²) in [5, 5.41) is 23.5. The van der Waals surface area contributed by atoms with Gasteiger partial charge in [-0.15, -0.1) is 0 Å². The van der Waals surface area contributed by atoms with Gasteiger partial charge < -0.3 is 10.4 Å². The van der Waals surface area contributed by atoms with Gasteiger partial charge in [0.1, 0.15) is 5.69 Å². The van der Waals surface area contributed by atoms with E-state index in [1.54, 1.807) is 19.1 Å². The first kappa shape index (κ1) is 15.4. The molecule has 0 aliphatic rings. The number of rotatable bonds is 6. The Hall–Kier alpha value is -1.62. The van der Waals surface area contributed by atoms with Gasteiger partial charge in [0.2, 0.25) is 0 Å². The van der Waals surface area contributed by atoms with Crippen molar-refractivity contribution in [3.05, 3.63) is 33.9 Å². The Morgan fingerprint density at radius 2 is 2.11 bits per heavy atom. The van der Waals surface area contributed by atoms with Crippen LogP contribution in [-0.2, 0) is 0 Å². The highest BCUT2D eigenvalue weighted by molar-refractivity contribution is 5.62. The van der Waals surface area contributed by atoms with E-state index in [-0.39, 0.29) is 22.1 Å². The molecule has 1 unspecified atom stereocenters. The summed E-state index contributed by atoms with van der Waals surface area (Å²) < 4.78 is 0. The van der Waals surface area contributed by atoms with Crippen LogP contribution in [0.25, 0.3) is 0 Å². The molecule has 0 aliphatic carbocycles. The number of nitrogens with zero attached hydrogens (tertiary/aromatic N) is 1. The van der Waals surface area contributed by atoms with Gasteiger partial charge in [-0.1, -0.05) is 19.9 Å². The fourth-order valence-electron chi connectivity index (χ4n) is 2.15.